The molecular formula is C23H27N3O4. The van der Waals surface area contributed by atoms with E-state index in [-0.39, 0.29) is 23.6 Å². The number of aromatic hydroxyl groups is 1. The molecule has 7 nitrogen and oxygen atoms in total. The van der Waals surface area contributed by atoms with Crippen molar-refractivity contribution in [3.63, 3.8) is 0 Å². The first kappa shape index (κ1) is 20.2. The van der Waals surface area contributed by atoms with Gasteiger partial charge < -0.3 is 9.63 Å². The van der Waals surface area contributed by atoms with E-state index >= 15 is 0 Å². The molecule has 0 fully saturated rings. The molecule has 0 amide bonds. The smallest absolute Gasteiger partial charge is 0.267 e. The molecule has 0 saturated heterocycles. The zero-order valence-corrected chi connectivity index (χ0v) is 17.5. The predicted octanol–water partition coefficient (Wildman–Crippen LogP) is 3.81. The lowest BCUT2D eigenvalue weighted by molar-refractivity contribution is 0.0882. The van der Waals surface area contributed by atoms with E-state index in [0.29, 0.717) is 19.3 Å². The van der Waals surface area contributed by atoms with Gasteiger partial charge in [-0.15, -0.1) is 0 Å². The third-order valence-electron chi connectivity index (χ3n) is 5.89. The number of carbonyl (C=O) groups excluding carboxylic acids is 1. The van der Waals surface area contributed by atoms with Crippen molar-refractivity contribution >= 4 is 5.91 Å². The lowest BCUT2D eigenvalue weighted by Gasteiger charge is -2.15. The average molecular weight is 409 g/mol. The van der Waals surface area contributed by atoms with E-state index in [4.69, 9.17) is 4.52 Å². The number of aromatic nitrogens is 3. The Kier molecular flexibility index (Phi) is 5.61. The van der Waals surface area contributed by atoms with Crippen LogP contribution in [-0.4, -0.2) is 26.0 Å². The fraction of sp³-hybridized carbons (Fsp3) is 0.435. The van der Waals surface area contributed by atoms with Crippen LogP contribution >= 0.6 is 0 Å². The highest BCUT2D eigenvalue weighted by molar-refractivity contribution is 5.79. The molecule has 0 aliphatic heterocycles. The van der Waals surface area contributed by atoms with Crippen LogP contribution in [0.15, 0.2) is 27.5 Å². The quantitative estimate of drug-likeness (QED) is 0.618. The number of aryl methyl sites for hydroxylation is 2. The number of hydrogen-bond acceptors (Lipinski definition) is 5. The molecule has 30 heavy (non-hydrogen) atoms. The van der Waals surface area contributed by atoms with Crippen LogP contribution in [0.4, 0.5) is 0 Å². The number of nitrogens with one attached hydrogen (secondary N) is 1. The van der Waals surface area contributed by atoms with E-state index in [0.717, 1.165) is 65.1 Å². The second kappa shape index (κ2) is 8.34. The van der Waals surface area contributed by atoms with Crippen LogP contribution in [0.3, 0.4) is 0 Å². The number of fused-ring (bicyclic) bond motifs is 3. The third kappa shape index (κ3) is 3.60. The number of nitrogens with zero attached hydrogens (tertiary/aromatic N) is 2. The Morgan fingerprint density at radius 3 is 2.87 bits per heavy atom. The highest BCUT2D eigenvalue weighted by Crippen LogP contribution is 2.37. The predicted molar refractivity (Wildman–Crippen MR) is 113 cm³/mol. The molecule has 0 atom stereocenters. The second-order valence-electron chi connectivity index (χ2n) is 7.83. The molecular weight excluding hydrogens is 382 g/mol. The van der Waals surface area contributed by atoms with Crippen LogP contribution in [0.5, 0.6) is 5.75 Å². The molecule has 0 saturated carbocycles. The number of hydrogen-bond donors (Lipinski definition) is 2. The fourth-order valence-corrected chi connectivity index (χ4v) is 4.31. The fourth-order valence-electron chi connectivity index (χ4n) is 4.31. The molecule has 2 N–H and O–H groups in total. The minimum Gasteiger partial charge on any atom is -0.508 e. The molecule has 7 heteroatoms. The first-order valence-corrected chi connectivity index (χ1v) is 10.7. The summed E-state index contributed by atoms with van der Waals surface area (Å²) in [7, 11) is 0. The van der Waals surface area contributed by atoms with E-state index in [1.807, 2.05) is 13.0 Å². The number of aromatic amines is 1. The minimum absolute atomic E-state index is 0.135. The van der Waals surface area contributed by atoms with Crippen molar-refractivity contribution < 1.29 is 14.4 Å². The minimum atomic E-state index is -0.160. The Labute approximate surface area is 174 Å². The summed E-state index contributed by atoms with van der Waals surface area (Å²) in [5.74, 6) is 0.835. The maximum Gasteiger partial charge on any atom is 0.267 e. The summed E-state index contributed by atoms with van der Waals surface area (Å²) in [6, 6.07) is 5.25. The van der Waals surface area contributed by atoms with Crippen LogP contribution in [0.1, 0.15) is 66.0 Å². The summed E-state index contributed by atoms with van der Waals surface area (Å²) in [5.41, 5.74) is 5.16. The van der Waals surface area contributed by atoms with Crippen molar-refractivity contribution in [2.24, 2.45) is 0 Å². The van der Waals surface area contributed by atoms with Gasteiger partial charge in [0.2, 0.25) is 5.91 Å². The zero-order valence-electron chi connectivity index (χ0n) is 17.5. The van der Waals surface area contributed by atoms with E-state index in [2.05, 4.69) is 17.2 Å². The normalized spacial score (nSPS) is 12.6. The highest BCUT2D eigenvalue weighted by Gasteiger charge is 2.25. The molecule has 158 valence electrons. The van der Waals surface area contributed by atoms with Gasteiger partial charge >= 0.3 is 0 Å². The molecule has 0 bridgehead atoms. The number of H-pyrrole nitrogens is 1. The average Bonchev–Trinajstić information content (AvgIpc) is 3.30. The summed E-state index contributed by atoms with van der Waals surface area (Å²) < 4.78 is 7.02. The Balaban J connectivity index is 1.52. The molecule has 1 aliphatic rings. The second-order valence-corrected chi connectivity index (χ2v) is 7.83. The lowest BCUT2D eigenvalue weighted by atomic mass is 9.89. The van der Waals surface area contributed by atoms with Crippen LogP contribution in [0.25, 0.3) is 11.3 Å². The Bertz CT molecular complexity index is 1140. The van der Waals surface area contributed by atoms with Crippen molar-refractivity contribution in [3.05, 3.63) is 56.6 Å². The van der Waals surface area contributed by atoms with E-state index in [9.17, 15) is 14.7 Å². The van der Waals surface area contributed by atoms with Gasteiger partial charge in [-0.2, -0.15) is 0 Å². The van der Waals surface area contributed by atoms with Crippen molar-refractivity contribution in [3.8, 4) is 17.1 Å². The first-order chi connectivity index (χ1) is 14.5. The molecule has 0 spiro atoms. The number of carbonyl (C=O) groups is 1. The first-order valence-electron chi connectivity index (χ1n) is 10.7. The van der Waals surface area contributed by atoms with E-state index < -0.39 is 0 Å². The maximum absolute atomic E-state index is 12.9. The maximum atomic E-state index is 12.9. The lowest BCUT2D eigenvalue weighted by Crippen LogP contribution is -2.18. The highest BCUT2D eigenvalue weighted by atomic mass is 16.5. The molecule has 1 aliphatic carbocycles. The number of phenols is 1. The van der Waals surface area contributed by atoms with Crippen LogP contribution in [0, 0.1) is 0 Å². The van der Waals surface area contributed by atoms with Gasteiger partial charge in [0.1, 0.15) is 5.75 Å². The van der Waals surface area contributed by atoms with Gasteiger partial charge in [0, 0.05) is 29.5 Å². The number of phenolic OH excluding ortho intramolecular Hbond substituents is 1. The van der Waals surface area contributed by atoms with Crippen molar-refractivity contribution in [2.75, 3.05) is 0 Å². The summed E-state index contributed by atoms with van der Waals surface area (Å²) >= 11 is 0. The summed E-state index contributed by atoms with van der Waals surface area (Å²) in [6.07, 6.45) is 5.52. The zero-order chi connectivity index (χ0) is 21.3. The topological polar surface area (TPSA) is 101 Å². The molecule has 1 aromatic carbocycles. The van der Waals surface area contributed by atoms with Crippen molar-refractivity contribution in [1.82, 2.24) is 14.9 Å². The van der Waals surface area contributed by atoms with Gasteiger partial charge in [-0.25, -0.2) is 4.68 Å². The van der Waals surface area contributed by atoms with Gasteiger partial charge in [0.25, 0.3) is 5.56 Å². The third-order valence-corrected chi connectivity index (χ3v) is 5.89. The largest absolute Gasteiger partial charge is 0.508 e. The van der Waals surface area contributed by atoms with Crippen LogP contribution in [0.2, 0.25) is 0 Å². The Hall–Kier alpha value is -3.09. The SMILES string of the molecule is CCCCc1c(CC)n(C(=O)CCc2noc3c2CCc2cc(O)ccc2-3)[nH]c1=O. The molecule has 2 heterocycles. The number of rotatable bonds is 7. The van der Waals surface area contributed by atoms with Gasteiger partial charge in [-0.05, 0) is 55.9 Å². The standard InChI is InChI=1S/C23H27N3O4/c1-3-5-6-18-20(4-2)26(24-23(18)29)21(28)12-11-19-17-9-7-14-13-15(27)8-10-16(14)22(17)30-25-19/h8,10,13,27H,3-7,9,11-12H2,1-2H3,(H,24,29). The summed E-state index contributed by atoms with van der Waals surface area (Å²) in [4.78, 5) is 25.2. The number of benzene rings is 1. The summed E-state index contributed by atoms with van der Waals surface area (Å²) in [5, 5.41) is 16.6. The van der Waals surface area contributed by atoms with E-state index in [1.54, 1.807) is 12.1 Å². The van der Waals surface area contributed by atoms with Crippen molar-refractivity contribution in [1.29, 1.82) is 0 Å². The van der Waals surface area contributed by atoms with Crippen molar-refractivity contribution in [2.45, 2.75) is 65.2 Å². The van der Waals surface area contributed by atoms with Crippen LogP contribution in [-0.2, 0) is 32.1 Å². The summed E-state index contributed by atoms with van der Waals surface area (Å²) in [6.45, 7) is 4.05. The Morgan fingerprint density at radius 2 is 2.10 bits per heavy atom. The molecule has 0 radical (unpaired) electrons. The molecule has 4 rings (SSSR count). The monoisotopic (exact) mass is 409 g/mol. The van der Waals surface area contributed by atoms with Crippen LogP contribution < -0.4 is 5.56 Å². The van der Waals surface area contributed by atoms with E-state index in [1.165, 1.54) is 4.68 Å². The molecule has 3 aromatic rings. The van der Waals surface area contributed by atoms with Gasteiger partial charge in [-0.1, -0.05) is 25.4 Å². The number of unbranched alkanes of at least 4 members (excludes halogenated alkanes) is 1. The molecule has 0 unspecified atom stereocenters. The Morgan fingerprint density at radius 1 is 1.27 bits per heavy atom. The van der Waals surface area contributed by atoms with Gasteiger partial charge in [0.05, 0.1) is 11.4 Å². The van der Waals surface area contributed by atoms with Gasteiger partial charge in [0.15, 0.2) is 5.76 Å². The molecule has 2 aromatic heterocycles. The van der Waals surface area contributed by atoms with Gasteiger partial charge in [-0.3, -0.25) is 14.7 Å².